The summed E-state index contributed by atoms with van der Waals surface area (Å²) in [6, 6.07) is 7.60. The zero-order valence-electron chi connectivity index (χ0n) is 15.2. The van der Waals surface area contributed by atoms with Crippen molar-refractivity contribution in [3.8, 4) is 0 Å². The molecule has 134 valence electrons. The van der Waals surface area contributed by atoms with Crippen LogP contribution in [0.1, 0.15) is 23.7 Å². The summed E-state index contributed by atoms with van der Waals surface area (Å²) in [5.41, 5.74) is 3.91. The Hall–Kier alpha value is -2.83. The standard InChI is InChI=1S/C18H26N6O/c1-5-19-16-11-14(4)22-17(24-16)20-6-7-21-18(25)23-15-9-12(2)8-13(3)10-15/h8-11H,5-7H2,1-4H3,(H2,21,23,25)(H2,19,20,22,24). The van der Waals surface area contributed by atoms with E-state index in [0.29, 0.717) is 19.0 Å². The van der Waals surface area contributed by atoms with Crippen LogP contribution in [0, 0.1) is 20.8 Å². The van der Waals surface area contributed by atoms with Crippen LogP contribution in [0.3, 0.4) is 0 Å². The van der Waals surface area contributed by atoms with Gasteiger partial charge in [-0.25, -0.2) is 9.78 Å². The second-order valence-electron chi connectivity index (χ2n) is 5.93. The highest BCUT2D eigenvalue weighted by molar-refractivity contribution is 5.89. The molecule has 0 aliphatic heterocycles. The highest BCUT2D eigenvalue weighted by Crippen LogP contribution is 2.13. The van der Waals surface area contributed by atoms with Crippen LogP contribution >= 0.6 is 0 Å². The van der Waals surface area contributed by atoms with Gasteiger partial charge < -0.3 is 21.3 Å². The summed E-state index contributed by atoms with van der Waals surface area (Å²) < 4.78 is 0. The lowest BCUT2D eigenvalue weighted by Gasteiger charge is -2.11. The smallest absolute Gasteiger partial charge is 0.319 e. The van der Waals surface area contributed by atoms with Gasteiger partial charge in [0.05, 0.1) is 0 Å². The topological polar surface area (TPSA) is 91.0 Å². The average Bonchev–Trinajstić information content (AvgIpc) is 2.50. The van der Waals surface area contributed by atoms with E-state index in [1.807, 2.05) is 45.9 Å². The van der Waals surface area contributed by atoms with Gasteiger partial charge in [-0.05, 0) is 51.0 Å². The first kappa shape index (κ1) is 18.5. The van der Waals surface area contributed by atoms with Crippen LogP contribution in [0.4, 0.5) is 22.2 Å². The number of hydrogen-bond donors (Lipinski definition) is 4. The molecule has 0 saturated carbocycles. The van der Waals surface area contributed by atoms with Gasteiger partial charge in [-0.3, -0.25) is 0 Å². The first-order chi connectivity index (χ1) is 12.0. The van der Waals surface area contributed by atoms with Gasteiger partial charge in [-0.15, -0.1) is 0 Å². The van der Waals surface area contributed by atoms with Gasteiger partial charge >= 0.3 is 6.03 Å². The molecule has 0 aliphatic rings. The predicted octanol–water partition coefficient (Wildman–Crippen LogP) is 3.07. The van der Waals surface area contributed by atoms with Crippen LogP contribution in [0.15, 0.2) is 24.3 Å². The van der Waals surface area contributed by atoms with E-state index < -0.39 is 0 Å². The van der Waals surface area contributed by atoms with Crippen molar-refractivity contribution in [2.45, 2.75) is 27.7 Å². The highest BCUT2D eigenvalue weighted by atomic mass is 16.2. The molecular formula is C18H26N6O. The third kappa shape index (κ3) is 6.29. The molecule has 2 aromatic rings. The Balaban J connectivity index is 1.78. The molecule has 0 unspecified atom stereocenters. The fourth-order valence-corrected chi connectivity index (χ4v) is 2.49. The van der Waals surface area contributed by atoms with Crippen LogP contribution in [0.5, 0.6) is 0 Å². The van der Waals surface area contributed by atoms with Crippen molar-refractivity contribution >= 4 is 23.5 Å². The minimum absolute atomic E-state index is 0.231. The summed E-state index contributed by atoms with van der Waals surface area (Å²) in [5.74, 6) is 1.34. The largest absolute Gasteiger partial charge is 0.370 e. The van der Waals surface area contributed by atoms with Crippen LogP contribution in [-0.4, -0.2) is 35.6 Å². The Labute approximate surface area is 148 Å². The maximum Gasteiger partial charge on any atom is 0.319 e. The van der Waals surface area contributed by atoms with Crippen LogP contribution in [0.25, 0.3) is 0 Å². The number of benzene rings is 1. The van der Waals surface area contributed by atoms with E-state index in [2.05, 4.69) is 37.3 Å². The van der Waals surface area contributed by atoms with Crippen molar-refractivity contribution in [3.63, 3.8) is 0 Å². The van der Waals surface area contributed by atoms with Gasteiger partial charge in [0.2, 0.25) is 5.95 Å². The fourth-order valence-electron chi connectivity index (χ4n) is 2.49. The third-order valence-corrected chi connectivity index (χ3v) is 3.39. The summed E-state index contributed by atoms with van der Waals surface area (Å²) in [6.45, 7) is 9.74. The van der Waals surface area contributed by atoms with E-state index in [1.165, 1.54) is 0 Å². The van der Waals surface area contributed by atoms with E-state index in [9.17, 15) is 4.79 Å². The molecule has 2 amide bonds. The molecule has 4 N–H and O–H groups in total. The molecule has 0 spiro atoms. The second kappa shape index (κ2) is 8.86. The molecule has 0 aliphatic carbocycles. The number of rotatable bonds is 7. The molecule has 7 heteroatoms. The van der Waals surface area contributed by atoms with E-state index in [4.69, 9.17) is 0 Å². The Kier molecular flexibility index (Phi) is 6.56. The Morgan fingerprint density at radius 1 is 0.960 bits per heavy atom. The monoisotopic (exact) mass is 342 g/mol. The predicted molar refractivity (Wildman–Crippen MR) is 102 cm³/mol. The van der Waals surface area contributed by atoms with Gasteiger partial charge in [0.15, 0.2) is 0 Å². The minimum atomic E-state index is -0.231. The number of nitrogens with zero attached hydrogens (tertiary/aromatic N) is 2. The quantitative estimate of drug-likeness (QED) is 0.581. The average molecular weight is 342 g/mol. The zero-order valence-corrected chi connectivity index (χ0v) is 15.2. The summed E-state index contributed by atoms with van der Waals surface area (Å²) in [4.78, 5) is 20.6. The number of nitrogens with one attached hydrogen (secondary N) is 4. The first-order valence-corrected chi connectivity index (χ1v) is 8.43. The SMILES string of the molecule is CCNc1cc(C)nc(NCCNC(=O)Nc2cc(C)cc(C)c2)n1. The summed E-state index contributed by atoms with van der Waals surface area (Å²) >= 11 is 0. The number of carbonyl (C=O) groups excluding carboxylic acids is 1. The molecule has 0 fully saturated rings. The summed E-state index contributed by atoms with van der Waals surface area (Å²) in [5, 5.41) is 11.9. The maximum absolute atomic E-state index is 11.9. The Bertz CT molecular complexity index is 711. The van der Waals surface area contributed by atoms with Crippen molar-refractivity contribution < 1.29 is 4.79 Å². The van der Waals surface area contributed by atoms with E-state index in [-0.39, 0.29) is 6.03 Å². The number of carbonyl (C=O) groups is 1. The van der Waals surface area contributed by atoms with Gasteiger partial charge in [-0.2, -0.15) is 4.98 Å². The van der Waals surface area contributed by atoms with E-state index >= 15 is 0 Å². The number of amides is 2. The third-order valence-electron chi connectivity index (χ3n) is 3.39. The van der Waals surface area contributed by atoms with Gasteiger partial charge in [0, 0.05) is 37.1 Å². The maximum atomic E-state index is 11.9. The molecule has 0 saturated heterocycles. The van der Waals surface area contributed by atoms with Gasteiger partial charge in [-0.1, -0.05) is 6.07 Å². The molecule has 1 heterocycles. The van der Waals surface area contributed by atoms with Gasteiger partial charge in [0.1, 0.15) is 5.82 Å². The summed E-state index contributed by atoms with van der Waals surface area (Å²) in [7, 11) is 0. The number of anilines is 3. The van der Waals surface area contributed by atoms with E-state index in [1.54, 1.807) is 0 Å². The molecule has 0 radical (unpaired) electrons. The summed E-state index contributed by atoms with van der Waals surface area (Å²) in [6.07, 6.45) is 0. The van der Waals surface area contributed by atoms with Gasteiger partial charge in [0.25, 0.3) is 0 Å². The molecule has 0 bridgehead atoms. The molecular weight excluding hydrogens is 316 g/mol. The fraction of sp³-hybridized carbons (Fsp3) is 0.389. The van der Waals surface area contributed by atoms with Crippen LogP contribution < -0.4 is 21.3 Å². The van der Waals surface area contributed by atoms with Crippen molar-refractivity contribution in [1.29, 1.82) is 0 Å². The molecule has 7 nitrogen and oxygen atoms in total. The zero-order chi connectivity index (χ0) is 18.2. The lowest BCUT2D eigenvalue weighted by Crippen LogP contribution is -2.32. The second-order valence-corrected chi connectivity index (χ2v) is 5.93. The van der Waals surface area contributed by atoms with E-state index in [0.717, 1.165) is 34.9 Å². The minimum Gasteiger partial charge on any atom is -0.370 e. The molecule has 25 heavy (non-hydrogen) atoms. The number of urea groups is 1. The van der Waals surface area contributed by atoms with Crippen LogP contribution in [-0.2, 0) is 0 Å². The Morgan fingerprint density at radius 2 is 1.68 bits per heavy atom. The van der Waals surface area contributed by atoms with Crippen molar-refractivity contribution in [2.75, 3.05) is 35.6 Å². The van der Waals surface area contributed by atoms with Crippen molar-refractivity contribution in [1.82, 2.24) is 15.3 Å². The van der Waals surface area contributed by atoms with Crippen molar-refractivity contribution in [3.05, 3.63) is 41.1 Å². The first-order valence-electron chi connectivity index (χ1n) is 8.43. The lowest BCUT2D eigenvalue weighted by atomic mass is 10.1. The van der Waals surface area contributed by atoms with Crippen LogP contribution in [0.2, 0.25) is 0 Å². The normalized spacial score (nSPS) is 10.2. The number of aryl methyl sites for hydroxylation is 3. The number of aromatic nitrogens is 2. The molecule has 2 rings (SSSR count). The highest BCUT2D eigenvalue weighted by Gasteiger charge is 2.04. The molecule has 0 atom stereocenters. The Morgan fingerprint density at radius 3 is 2.36 bits per heavy atom. The lowest BCUT2D eigenvalue weighted by molar-refractivity contribution is 0.252. The molecule has 1 aromatic carbocycles. The molecule has 1 aromatic heterocycles. The number of hydrogen-bond acceptors (Lipinski definition) is 5. The van der Waals surface area contributed by atoms with Crippen molar-refractivity contribution in [2.24, 2.45) is 0 Å².